The molecule has 2 aromatic rings. The van der Waals surface area contributed by atoms with Crippen LogP contribution in [0.4, 0.5) is 30.2 Å². The van der Waals surface area contributed by atoms with E-state index in [2.05, 4.69) is 16.0 Å². The molecular formula is C19H20F3N3O2. The minimum atomic E-state index is -4.47. The smallest absolute Gasteiger partial charge is 0.376 e. The van der Waals surface area contributed by atoms with Crippen molar-refractivity contribution in [1.29, 1.82) is 0 Å². The lowest BCUT2D eigenvalue weighted by atomic mass is 10.2. The molecule has 0 unspecified atom stereocenters. The van der Waals surface area contributed by atoms with E-state index in [1.807, 2.05) is 0 Å². The molecule has 2 amide bonds. The van der Waals surface area contributed by atoms with Gasteiger partial charge >= 0.3 is 6.18 Å². The highest BCUT2D eigenvalue weighted by atomic mass is 19.4. The largest absolute Gasteiger partial charge is 0.416 e. The molecular weight excluding hydrogens is 359 g/mol. The second-order valence-electron chi connectivity index (χ2n) is 6.21. The van der Waals surface area contributed by atoms with Crippen molar-refractivity contribution in [3.8, 4) is 0 Å². The fourth-order valence-corrected chi connectivity index (χ4v) is 2.15. The number of anilines is 3. The molecule has 0 radical (unpaired) electrons. The standard InChI is InChI=1S/C19H20F3N3O2/c1-12(2)18(27)25-16-8-4-6-14(10-16)23-11-17(26)24-15-7-3-5-13(9-15)19(20,21)22/h3-10,12,23H,11H2,1-2H3,(H,24,26)(H,25,27). The molecule has 0 atom stereocenters. The Balaban J connectivity index is 1.93. The van der Waals surface area contributed by atoms with Gasteiger partial charge < -0.3 is 16.0 Å². The van der Waals surface area contributed by atoms with Crippen LogP contribution in [-0.4, -0.2) is 18.4 Å². The molecule has 5 nitrogen and oxygen atoms in total. The Labute approximate surface area is 155 Å². The van der Waals surface area contributed by atoms with Crippen molar-refractivity contribution in [2.75, 3.05) is 22.5 Å². The Morgan fingerprint density at radius 1 is 0.926 bits per heavy atom. The first-order chi connectivity index (χ1) is 12.6. The Morgan fingerprint density at radius 3 is 2.15 bits per heavy atom. The summed E-state index contributed by atoms with van der Waals surface area (Å²) in [6, 6.07) is 11.2. The van der Waals surface area contributed by atoms with Crippen LogP contribution >= 0.6 is 0 Å². The van der Waals surface area contributed by atoms with Crippen molar-refractivity contribution >= 4 is 28.9 Å². The second kappa shape index (κ2) is 8.57. The zero-order valence-electron chi connectivity index (χ0n) is 14.9. The summed E-state index contributed by atoms with van der Waals surface area (Å²) < 4.78 is 38.1. The van der Waals surface area contributed by atoms with Gasteiger partial charge in [-0.2, -0.15) is 13.2 Å². The lowest BCUT2D eigenvalue weighted by Crippen LogP contribution is -2.22. The minimum absolute atomic E-state index is 0.0644. The molecule has 0 aliphatic rings. The third kappa shape index (κ3) is 6.32. The lowest BCUT2D eigenvalue weighted by molar-refractivity contribution is -0.137. The average Bonchev–Trinajstić information content (AvgIpc) is 2.60. The molecule has 3 N–H and O–H groups in total. The van der Waals surface area contributed by atoms with E-state index in [1.165, 1.54) is 12.1 Å². The summed E-state index contributed by atoms with van der Waals surface area (Å²) in [5, 5.41) is 8.03. The van der Waals surface area contributed by atoms with Crippen LogP contribution in [0.25, 0.3) is 0 Å². The Morgan fingerprint density at radius 2 is 1.52 bits per heavy atom. The summed E-state index contributed by atoms with van der Waals surface area (Å²) in [4.78, 5) is 23.7. The fourth-order valence-electron chi connectivity index (χ4n) is 2.15. The van der Waals surface area contributed by atoms with E-state index in [9.17, 15) is 22.8 Å². The quantitative estimate of drug-likeness (QED) is 0.699. The van der Waals surface area contributed by atoms with E-state index in [-0.39, 0.29) is 24.1 Å². The van der Waals surface area contributed by atoms with Crippen LogP contribution in [-0.2, 0) is 15.8 Å². The predicted molar refractivity (Wildman–Crippen MR) is 98.5 cm³/mol. The first kappa shape index (κ1) is 20.3. The first-order valence-corrected chi connectivity index (χ1v) is 8.27. The molecule has 0 heterocycles. The van der Waals surface area contributed by atoms with Crippen molar-refractivity contribution < 1.29 is 22.8 Å². The summed E-state index contributed by atoms with van der Waals surface area (Å²) in [6.07, 6.45) is -4.47. The monoisotopic (exact) mass is 379 g/mol. The summed E-state index contributed by atoms with van der Waals surface area (Å²) >= 11 is 0. The van der Waals surface area contributed by atoms with Crippen LogP contribution in [0, 0.1) is 5.92 Å². The van der Waals surface area contributed by atoms with Gasteiger partial charge in [0.1, 0.15) is 0 Å². The highest BCUT2D eigenvalue weighted by Crippen LogP contribution is 2.30. The van der Waals surface area contributed by atoms with Gasteiger partial charge in [-0.05, 0) is 36.4 Å². The van der Waals surface area contributed by atoms with Gasteiger partial charge in [0.15, 0.2) is 0 Å². The maximum Gasteiger partial charge on any atom is 0.416 e. The molecule has 0 aliphatic carbocycles. The van der Waals surface area contributed by atoms with Gasteiger partial charge in [-0.15, -0.1) is 0 Å². The molecule has 0 aromatic heterocycles. The molecule has 0 bridgehead atoms. The van der Waals surface area contributed by atoms with E-state index in [1.54, 1.807) is 38.1 Å². The molecule has 27 heavy (non-hydrogen) atoms. The van der Waals surface area contributed by atoms with E-state index >= 15 is 0 Å². The lowest BCUT2D eigenvalue weighted by Gasteiger charge is -2.12. The summed E-state index contributed by atoms with van der Waals surface area (Å²) in [6.45, 7) is 3.41. The second-order valence-corrected chi connectivity index (χ2v) is 6.21. The van der Waals surface area contributed by atoms with E-state index in [0.717, 1.165) is 12.1 Å². The number of carbonyl (C=O) groups is 2. The van der Waals surface area contributed by atoms with Gasteiger partial charge in [0.25, 0.3) is 0 Å². The fraction of sp³-hybridized carbons (Fsp3) is 0.263. The number of alkyl halides is 3. The molecule has 2 rings (SSSR count). The zero-order chi connectivity index (χ0) is 20.0. The summed E-state index contributed by atoms with van der Waals surface area (Å²) in [7, 11) is 0. The minimum Gasteiger partial charge on any atom is -0.376 e. The highest BCUT2D eigenvalue weighted by molar-refractivity contribution is 5.94. The Kier molecular flexibility index (Phi) is 6.44. The first-order valence-electron chi connectivity index (χ1n) is 8.27. The maximum atomic E-state index is 12.7. The van der Waals surface area contributed by atoms with Gasteiger partial charge in [0.05, 0.1) is 12.1 Å². The topological polar surface area (TPSA) is 70.2 Å². The number of amides is 2. The van der Waals surface area contributed by atoms with Crippen molar-refractivity contribution in [3.05, 3.63) is 54.1 Å². The molecule has 0 saturated carbocycles. The number of rotatable bonds is 6. The van der Waals surface area contributed by atoms with Crippen LogP contribution in [0.5, 0.6) is 0 Å². The zero-order valence-corrected chi connectivity index (χ0v) is 14.9. The van der Waals surface area contributed by atoms with E-state index in [0.29, 0.717) is 11.4 Å². The van der Waals surface area contributed by atoms with E-state index in [4.69, 9.17) is 0 Å². The third-order valence-corrected chi connectivity index (χ3v) is 3.58. The third-order valence-electron chi connectivity index (χ3n) is 3.58. The van der Waals surface area contributed by atoms with Gasteiger partial charge in [0, 0.05) is 23.0 Å². The molecule has 0 spiro atoms. The highest BCUT2D eigenvalue weighted by Gasteiger charge is 2.30. The molecule has 0 saturated heterocycles. The SMILES string of the molecule is CC(C)C(=O)Nc1cccc(NCC(=O)Nc2cccc(C(F)(F)F)c2)c1. The Bertz CT molecular complexity index is 820. The van der Waals surface area contributed by atoms with Gasteiger partial charge in [-0.25, -0.2) is 0 Å². The van der Waals surface area contributed by atoms with Crippen molar-refractivity contribution in [2.45, 2.75) is 20.0 Å². The maximum absolute atomic E-state index is 12.7. The van der Waals surface area contributed by atoms with Gasteiger partial charge in [0.2, 0.25) is 11.8 Å². The number of benzene rings is 2. The van der Waals surface area contributed by atoms with Gasteiger partial charge in [-0.3, -0.25) is 9.59 Å². The molecule has 0 aliphatic heterocycles. The van der Waals surface area contributed by atoms with Crippen LogP contribution in [0.1, 0.15) is 19.4 Å². The summed E-state index contributed by atoms with van der Waals surface area (Å²) in [5.41, 5.74) is 0.407. The molecule has 0 fully saturated rings. The number of nitrogens with one attached hydrogen (secondary N) is 3. The number of hydrogen-bond acceptors (Lipinski definition) is 3. The van der Waals surface area contributed by atoms with Crippen LogP contribution < -0.4 is 16.0 Å². The number of carbonyl (C=O) groups excluding carboxylic acids is 2. The number of hydrogen-bond donors (Lipinski definition) is 3. The van der Waals surface area contributed by atoms with Crippen molar-refractivity contribution in [2.24, 2.45) is 5.92 Å². The van der Waals surface area contributed by atoms with Crippen LogP contribution in [0.3, 0.4) is 0 Å². The van der Waals surface area contributed by atoms with E-state index < -0.39 is 17.6 Å². The molecule has 2 aromatic carbocycles. The van der Waals surface area contributed by atoms with Crippen molar-refractivity contribution in [1.82, 2.24) is 0 Å². The molecule has 8 heteroatoms. The Hall–Kier alpha value is -3.03. The predicted octanol–water partition coefficient (Wildman–Crippen LogP) is 4.35. The van der Waals surface area contributed by atoms with Crippen LogP contribution in [0.2, 0.25) is 0 Å². The molecule has 144 valence electrons. The van der Waals surface area contributed by atoms with Crippen LogP contribution in [0.15, 0.2) is 48.5 Å². The number of halogens is 3. The van der Waals surface area contributed by atoms with Crippen molar-refractivity contribution in [3.63, 3.8) is 0 Å². The van der Waals surface area contributed by atoms with Gasteiger partial charge in [-0.1, -0.05) is 26.0 Å². The summed E-state index contributed by atoms with van der Waals surface area (Å²) in [5.74, 6) is -0.791. The average molecular weight is 379 g/mol. The normalized spacial score (nSPS) is 11.2.